The van der Waals surface area contributed by atoms with Gasteiger partial charge in [0.25, 0.3) is 0 Å². The zero-order valence-electron chi connectivity index (χ0n) is 16.1. The predicted molar refractivity (Wildman–Crippen MR) is 121 cm³/mol. The molecule has 0 spiro atoms. The van der Waals surface area contributed by atoms with Crippen molar-refractivity contribution < 1.29 is 9.18 Å². The number of fused-ring (bicyclic) bond motifs is 2. The van der Waals surface area contributed by atoms with Crippen LogP contribution in [0.25, 0.3) is 11.2 Å². The molecule has 1 fully saturated rings. The normalized spacial score (nSPS) is 18.0. The number of aryl methyl sites for hydroxylation is 2. The molecule has 1 amide bonds. The van der Waals surface area contributed by atoms with Crippen molar-refractivity contribution in [3.05, 3.63) is 33.2 Å². The number of halogens is 2. The number of amides is 1. The van der Waals surface area contributed by atoms with E-state index in [4.69, 9.17) is 5.73 Å². The summed E-state index contributed by atoms with van der Waals surface area (Å²) in [5.74, 6) is 0.320. The Morgan fingerprint density at radius 3 is 2.97 bits per heavy atom. The number of nitrogens with two attached hydrogens (primary N) is 1. The Morgan fingerprint density at radius 2 is 2.17 bits per heavy atom. The number of nitrogens with one attached hydrogen (secondary N) is 1. The summed E-state index contributed by atoms with van der Waals surface area (Å²) in [5, 5.41) is 3.68. The minimum Gasteiger partial charge on any atom is -0.382 e. The van der Waals surface area contributed by atoms with Crippen molar-refractivity contribution in [2.75, 3.05) is 5.73 Å². The molecular weight excluding hydrogens is 518 g/mol. The molecule has 1 unspecified atom stereocenters. The molecule has 0 radical (unpaired) electrons. The number of hydrogen-bond donors (Lipinski definition) is 2. The van der Waals surface area contributed by atoms with E-state index in [1.54, 1.807) is 0 Å². The molecule has 1 saturated carbocycles. The second kappa shape index (κ2) is 7.95. The number of alkyl halides is 1. The first-order valence-corrected chi connectivity index (χ1v) is 11.8. The van der Waals surface area contributed by atoms with Crippen LogP contribution in [-0.4, -0.2) is 31.5 Å². The van der Waals surface area contributed by atoms with E-state index in [0.717, 1.165) is 38.9 Å². The van der Waals surface area contributed by atoms with E-state index in [1.807, 2.05) is 10.6 Å². The van der Waals surface area contributed by atoms with E-state index < -0.39 is 6.17 Å². The number of rotatable bonds is 6. The molecule has 5 rings (SSSR count). The van der Waals surface area contributed by atoms with E-state index in [1.165, 1.54) is 18.1 Å². The van der Waals surface area contributed by atoms with Crippen molar-refractivity contribution in [3.8, 4) is 0 Å². The first-order chi connectivity index (χ1) is 14.5. The minimum atomic E-state index is -0.914. The Labute approximate surface area is 190 Å². The SMILES string of the molecule is Nc1ncnc2c1nc(Sc1cc3c(cc1I)CCC3F)n2CCC(=O)NC1CC1. The van der Waals surface area contributed by atoms with Gasteiger partial charge in [0.2, 0.25) is 5.91 Å². The highest BCUT2D eigenvalue weighted by molar-refractivity contribution is 14.1. The van der Waals surface area contributed by atoms with Crippen molar-refractivity contribution in [1.29, 1.82) is 0 Å². The predicted octanol–water partition coefficient (Wildman–Crippen LogP) is 3.79. The maximum absolute atomic E-state index is 14.3. The molecule has 2 aliphatic rings. The standard InChI is InChI=1S/C20H20FIN6OS/c21-13-4-1-10-7-14(22)15(8-12(10)13)30-20-27-17-18(23)24-9-25-19(17)28(20)6-5-16(29)26-11-2-3-11/h7-9,11,13H,1-6H2,(H,26,29)(H2,23,24,25). The molecule has 0 bridgehead atoms. The highest BCUT2D eigenvalue weighted by atomic mass is 127. The highest BCUT2D eigenvalue weighted by Gasteiger charge is 2.26. The van der Waals surface area contributed by atoms with Gasteiger partial charge in [-0.2, -0.15) is 0 Å². The van der Waals surface area contributed by atoms with Crippen LogP contribution in [0.2, 0.25) is 0 Å². The first kappa shape index (κ1) is 20.0. The number of nitrogens with zero attached hydrogens (tertiary/aromatic N) is 4. The Balaban J connectivity index is 1.48. The number of carbonyl (C=O) groups excluding carboxylic acids is 1. The molecule has 3 aromatic rings. The maximum atomic E-state index is 14.3. The Hall–Kier alpha value is -1.95. The van der Waals surface area contributed by atoms with Gasteiger partial charge >= 0.3 is 0 Å². The lowest BCUT2D eigenvalue weighted by Gasteiger charge is -2.11. The molecule has 2 heterocycles. The average Bonchev–Trinajstić information content (AvgIpc) is 3.36. The molecule has 1 aromatic carbocycles. The van der Waals surface area contributed by atoms with Crippen molar-refractivity contribution >= 4 is 57.2 Å². The smallest absolute Gasteiger partial charge is 0.222 e. The summed E-state index contributed by atoms with van der Waals surface area (Å²) in [5.41, 5.74) is 8.98. The summed E-state index contributed by atoms with van der Waals surface area (Å²) in [6.45, 7) is 0.432. The number of aromatic nitrogens is 4. The fraction of sp³-hybridized carbons (Fsp3) is 0.400. The van der Waals surface area contributed by atoms with Gasteiger partial charge in [0.15, 0.2) is 22.1 Å². The molecule has 2 aliphatic carbocycles. The van der Waals surface area contributed by atoms with Gasteiger partial charge in [0, 0.05) is 27.5 Å². The average molecular weight is 538 g/mol. The van der Waals surface area contributed by atoms with Gasteiger partial charge in [0.05, 0.1) is 0 Å². The van der Waals surface area contributed by atoms with E-state index >= 15 is 0 Å². The third-order valence-corrected chi connectivity index (χ3v) is 7.74. The summed E-state index contributed by atoms with van der Waals surface area (Å²) in [6.07, 6.45) is 4.24. The van der Waals surface area contributed by atoms with Gasteiger partial charge in [-0.25, -0.2) is 19.3 Å². The van der Waals surface area contributed by atoms with Crippen LogP contribution in [0.1, 0.15) is 43.0 Å². The lowest BCUT2D eigenvalue weighted by atomic mass is 10.1. The summed E-state index contributed by atoms with van der Waals surface area (Å²) >= 11 is 3.72. The van der Waals surface area contributed by atoms with Crippen LogP contribution in [0, 0.1) is 3.57 Å². The second-order valence-corrected chi connectivity index (χ2v) is 9.83. The molecule has 3 N–H and O–H groups in total. The van der Waals surface area contributed by atoms with Crippen LogP contribution in [0.5, 0.6) is 0 Å². The van der Waals surface area contributed by atoms with Gasteiger partial charge in [-0.05, 0) is 71.5 Å². The Bertz CT molecular complexity index is 1150. The lowest BCUT2D eigenvalue weighted by Crippen LogP contribution is -2.26. The van der Waals surface area contributed by atoms with E-state index in [-0.39, 0.29) is 5.91 Å². The zero-order valence-corrected chi connectivity index (χ0v) is 19.0. The first-order valence-electron chi connectivity index (χ1n) is 9.90. The Kier molecular flexibility index (Phi) is 5.30. The van der Waals surface area contributed by atoms with Crippen LogP contribution < -0.4 is 11.1 Å². The molecule has 7 nitrogen and oxygen atoms in total. The molecule has 0 saturated heterocycles. The highest BCUT2D eigenvalue weighted by Crippen LogP contribution is 2.41. The lowest BCUT2D eigenvalue weighted by molar-refractivity contribution is -0.121. The third-order valence-electron chi connectivity index (χ3n) is 5.43. The molecule has 156 valence electrons. The summed E-state index contributed by atoms with van der Waals surface area (Å²) in [4.78, 5) is 26.2. The minimum absolute atomic E-state index is 0.0183. The van der Waals surface area contributed by atoms with Gasteiger partial charge in [-0.1, -0.05) is 11.8 Å². The monoisotopic (exact) mass is 538 g/mol. The quantitative estimate of drug-likeness (QED) is 0.464. The van der Waals surface area contributed by atoms with Gasteiger partial charge in [-0.15, -0.1) is 0 Å². The molecule has 10 heteroatoms. The number of imidazole rings is 1. The van der Waals surface area contributed by atoms with Crippen molar-refractivity contribution in [2.45, 2.75) is 60.9 Å². The summed E-state index contributed by atoms with van der Waals surface area (Å²) < 4.78 is 17.2. The fourth-order valence-electron chi connectivity index (χ4n) is 3.69. The van der Waals surface area contributed by atoms with E-state index in [0.29, 0.717) is 47.6 Å². The van der Waals surface area contributed by atoms with Crippen LogP contribution in [0.15, 0.2) is 28.5 Å². The van der Waals surface area contributed by atoms with Crippen LogP contribution in [0.3, 0.4) is 0 Å². The van der Waals surface area contributed by atoms with Crippen LogP contribution in [0.4, 0.5) is 10.2 Å². The fourth-order valence-corrected chi connectivity index (χ4v) is 5.51. The molecular formula is C20H20FIN6OS. The van der Waals surface area contributed by atoms with Crippen LogP contribution in [-0.2, 0) is 17.8 Å². The number of carbonyl (C=O) groups is 1. The maximum Gasteiger partial charge on any atom is 0.222 e. The number of nitrogen functional groups attached to an aromatic ring is 1. The zero-order chi connectivity index (χ0) is 20.8. The molecule has 30 heavy (non-hydrogen) atoms. The number of hydrogen-bond acceptors (Lipinski definition) is 6. The van der Waals surface area contributed by atoms with Crippen molar-refractivity contribution in [3.63, 3.8) is 0 Å². The van der Waals surface area contributed by atoms with Crippen LogP contribution >= 0.6 is 34.4 Å². The summed E-state index contributed by atoms with van der Waals surface area (Å²) in [7, 11) is 0. The Morgan fingerprint density at radius 1 is 1.33 bits per heavy atom. The topological polar surface area (TPSA) is 98.7 Å². The third kappa shape index (κ3) is 3.86. The van der Waals surface area contributed by atoms with Crippen molar-refractivity contribution in [2.24, 2.45) is 0 Å². The van der Waals surface area contributed by atoms with Gasteiger partial charge in [0.1, 0.15) is 12.5 Å². The van der Waals surface area contributed by atoms with Crippen molar-refractivity contribution in [1.82, 2.24) is 24.8 Å². The largest absolute Gasteiger partial charge is 0.382 e. The number of anilines is 1. The summed E-state index contributed by atoms with van der Waals surface area (Å²) in [6, 6.07) is 4.31. The van der Waals surface area contributed by atoms with Gasteiger partial charge < -0.3 is 15.6 Å². The second-order valence-electron chi connectivity index (χ2n) is 7.66. The molecule has 1 atom stereocenters. The van der Waals surface area contributed by atoms with E-state index in [2.05, 4.69) is 48.9 Å². The molecule has 0 aliphatic heterocycles. The van der Waals surface area contributed by atoms with E-state index in [9.17, 15) is 9.18 Å². The molecule has 2 aromatic heterocycles. The number of benzene rings is 1. The van der Waals surface area contributed by atoms with Gasteiger partial charge in [-0.3, -0.25) is 4.79 Å².